The largest absolute Gasteiger partial charge is 0.465 e. The van der Waals surface area contributed by atoms with Crippen molar-refractivity contribution in [2.24, 2.45) is 0 Å². The number of amides is 2. The molecule has 1 aliphatic rings. The molecule has 7 nitrogen and oxygen atoms in total. The maximum absolute atomic E-state index is 13.6. The third kappa shape index (κ3) is 4.19. The van der Waals surface area contributed by atoms with E-state index >= 15 is 0 Å². The zero-order valence-electron chi connectivity index (χ0n) is 19.3. The molecule has 8 heteroatoms. The molecule has 176 valence electrons. The Balaban J connectivity index is 1.66. The van der Waals surface area contributed by atoms with Gasteiger partial charge in [0.2, 0.25) is 0 Å². The smallest absolute Gasteiger partial charge is 0.339 e. The number of H-pyrrole nitrogens is 1. The third-order valence-corrected chi connectivity index (χ3v) is 6.13. The van der Waals surface area contributed by atoms with E-state index in [1.54, 1.807) is 24.0 Å². The quantitative estimate of drug-likeness (QED) is 0.539. The lowest BCUT2D eigenvalue weighted by Gasteiger charge is -2.31. The number of methoxy groups -OCH3 is 1. The van der Waals surface area contributed by atoms with Gasteiger partial charge in [0.05, 0.1) is 12.7 Å². The minimum Gasteiger partial charge on any atom is -0.465 e. The lowest BCUT2D eigenvalue weighted by Crippen LogP contribution is -2.36. The highest BCUT2D eigenvalue weighted by Crippen LogP contribution is 2.35. The fourth-order valence-electron chi connectivity index (χ4n) is 4.40. The SMILES string of the molecule is CCc1[nH]c(C(=O)N2CCCc3c(NC(=O)c4ccc(F)cc4)cccc32)c(C)c1C(=O)OC. The zero-order chi connectivity index (χ0) is 24.4. The van der Waals surface area contributed by atoms with Gasteiger partial charge < -0.3 is 19.9 Å². The Hall–Kier alpha value is -3.94. The first-order chi connectivity index (χ1) is 16.3. The summed E-state index contributed by atoms with van der Waals surface area (Å²) >= 11 is 0. The van der Waals surface area contributed by atoms with Crippen molar-refractivity contribution in [1.29, 1.82) is 0 Å². The highest BCUT2D eigenvalue weighted by molar-refractivity contribution is 6.10. The average molecular weight is 464 g/mol. The number of aryl methyl sites for hydroxylation is 1. The van der Waals surface area contributed by atoms with Crippen molar-refractivity contribution >= 4 is 29.2 Å². The number of nitrogens with zero attached hydrogens (tertiary/aromatic N) is 1. The number of hydrogen-bond donors (Lipinski definition) is 2. The Morgan fingerprint density at radius 2 is 1.88 bits per heavy atom. The number of esters is 1. The van der Waals surface area contributed by atoms with Crippen LogP contribution in [0, 0.1) is 12.7 Å². The fourth-order valence-corrected chi connectivity index (χ4v) is 4.40. The molecule has 0 fully saturated rings. The van der Waals surface area contributed by atoms with Gasteiger partial charge in [0, 0.05) is 29.2 Å². The molecule has 2 aromatic carbocycles. The molecule has 0 saturated carbocycles. The van der Waals surface area contributed by atoms with Crippen LogP contribution in [0.3, 0.4) is 0 Å². The van der Waals surface area contributed by atoms with Crippen LogP contribution in [0.25, 0.3) is 0 Å². The maximum atomic E-state index is 13.6. The van der Waals surface area contributed by atoms with Crippen LogP contribution < -0.4 is 10.2 Å². The Kier molecular flexibility index (Phi) is 6.49. The second kappa shape index (κ2) is 9.51. The van der Waals surface area contributed by atoms with E-state index in [0.29, 0.717) is 65.3 Å². The molecule has 0 saturated heterocycles. The van der Waals surface area contributed by atoms with Gasteiger partial charge in [0.15, 0.2) is 0 Å². The van der Waals surface area contributed by atoms with Gasteiger partial charge in [-0.05, 0) is 73.7 Å². The first-order valence-electron chi connectivity index (χ1n) is 11.2. The highest BCUT2D eigenvalue weighted by Gasteiger charge is 2.30. The van der Waals surface area contributed by atoms with E-state index in [1.807, 2.05) is 13.0 Å². The third-order valence-electron chi connectivity index (χ3n) is 6.13. The molecule has 2 amide bonds. The molecule has 2 heterocycles. The van der Waals surface area contributed by atoms with Crippen LogP contribution >= 0.6 is 0 Å². The topological polar surface area (TPSA) is 91.5 Å². The summed E-state index contributed by atoms with van der Waals surface area (Å²) in [5.74, 6) is -1.49. The average Bonchev–Trinajstić information content (AvgIpc) is 3.19. The van der Waals surface area contributed by atoms with Crippen molar-refractivity contribution in [1.82, 2.24) is 4.98 Å². The Bertz CT molecular complexity index is 1260. The molecule has 3 aromatic rings. The van der Waals surface area contributed by atoms with E-state index in [4.69, 9.17) is 4.74 Å². The van der Waals surface area contributed by atoms with Crippen molar-refractivity contribution in [3.05, 3.63) is 81.9 Å². The van der Waals surface area contributed by atoms with Crippen molar-refractivity contribution < 1.29 is 23.5 Å². The normalized spacial score (nSPS) is 12.8. The Labute approximate surface area is 196 Å². The van der Waals surface area contributed by atoms with Gasteiger partial charge in [0.1, 0.15) is 11.5 Å². The number of halogens is 1. The summed E-state index contributed by atoms with van der Waals surface area (Å²) in [6.07, 6.45) is 1.96. The van der Waals surface area contributed by atoms with Crippen LogP contribution in [-0.4, -0.2) is 36.4 Å². The Morgan fingerprint density at radius 1 is 1.15 bits per heavy atom. The van der Waals surface area contributed by atoms with Gasteiger partial charge in [-0.3, -0.25) is 9.59 Å². The van der Waals surface area contributed by atoms with E-state index in [-0.39, 0.29) is 11.8 Å². The number of rotatable bonds is 5. The first-order valence-corrected chi connectivity index (χ1v) is 11.2. The minimum atomic E-state index is -0.477. The molecule has 1 aliphatic heterocycles. The number of fused-ring (bicyclic) bond motifs is 1. The summed E-state index contributed by atoms with van der Waals surface area (Å²) in [6.45, 7) is 4.15. The number of aromatic amines is 1. The molecule has 0 aliphatic carbocycles. The summed E-state index contributed by atoms with van der Waals surface area (Å²) < 4.78 is 18.1. The van der Waals surface area contributed by atoms with Crippen LogP contribution in [0.2, 0.25) is 0 Å². The van der Waals surface area contributed by atoms with Gasteiger partial charge in [-0.2, -0.15) is 0 Å². The predicted octanol–water partition coefficient (Wildman–Crippen LogP) is 4.66. The number of hydrogen-bond acceptors (Lipinski definition) is 4. The monoisotopic (exact) mass is 463 g/mol. The molecule has 34 heavy (non-hydrogen) atoms. The Morgan fingerprint density at radius 3 is 2.56 bits per heavy atom. The lowest BCUT2D eigenvalue weighted by atomic mass is 9.98. The molecular formula is C26H26FN3O4. The molecule has 0 bridgehead atoms. The van der Waals surface area contributed by atoms with Gasteiger partial charge >= 0.3 is 5.97 Å². The van der Waals surface area contributed by atoms with Crippen molar-refractivity contribution in [2.75, 3.05) is 23.9 Å². The second-order valence-electron chi connectivity index (χ2n) is 8.15. The standard InChI is InChI=1S/C26H26FN3O4/c1-4-19-22(26(33)34-3)15(2)23(28-19)25(32)30-14-6-7-18-20(8-5-9-21(18)30)29-24(31)16-10-12-17(27)13-11-16/h5,8-13,28H,4,6-7,14H2,1-3H3,(H,29,31). The summed E-state index contributed by atoms with van der Waals surface area (Å²) in [5.41, 5.74) is 4.47. The fraction of sp³-hybridized carbons (Fsp3) is 0.269. The van der Waals surface area contributed by atoms with Gasteiger partial charge in [-0.25, -0.2) is 9.18 Å². The molecule has 0 atom stereocenters. The maximum Gasteiger partial charge on any atom is 0.339 e. The van der Waals surface area contributed by atoms with Crippen molar-refractivity contribution in [3.63, 3.8) is 0 Å². The molecule has 0 radical (unpaired) electrons. The predicted molar refractivity (Wildman–Crippen MR) is 127 cm³/mol. The first kappa shape index (κ1) is 23.2. The summed E-state index contributed by atoms with van der Waals surface area (Å²) in [7, 11) is 1.32. The molecule has 4 rings (SSSR count). The number of anilines is 2. The zero-order valence-corrected chi connectivity index (χ0v) is 19.3. The molecule has 1 aromatic heterocycles. The molecule has 0 spiro atoms. The lowest BCUT2D eigenvalue weighted by molar-refractivity contribution is 0.0598. The van der Waals surface area contributed by atoms with E-state index in [1.165, 1.54) is 31.4 Å². The van der Waals surface area contributed by atoms with Gasteiger partial charge in [-0.1, -0.05) is 13.0 Å². The highest BCUT2D eigenvalue weighted by atomic mass is 19.1. The van der Waals surface area contributed by atoms with Crippen LogP contribution in [0.4, 0.5) is 15.8 Å². The van der Waals surface area contributed by atoms with Gasteiger partial charge in [0.25, 0.3) is 11.8 Å². The van der Waals surface area contributed by atoms with Gasteiger partial charge in [-0.15, -0.1) is 0 Å². The molecular weight excluding hydrogens is 437 g/mol. The van der Waals surface area contributed by atoms with E-state index in [0.717, 1.165) is 5.56 Å². The molecule has 2 N–H and O–H groups in total. The summed E-state index contributed by atoms with van der Waals surface area (Å²) in [5, 5.41) is 2.89. The van der Waals surface area contributed by atoms with Crippen molar-refractivity contribution in [2.45, 2.75) is 33.1 Å². The number of nitrogens with one attached hydrogen (secondary N) is 2. The van der Waals surface area contributed by atoms with Crippen LogP contribution in [0.1, 0.15) is 61.4 Å². The van der Waals surface area contributed by atoms with Crippen LogP contribution in [0.15, 0.2) is 42.5 Å². The van der Waals surface area contributed by atoms with E-state index in [9.17, 15) is 18.8 Å². The summed E-state index contributed by atoms with van der Waals surface area (Å²) in [6, 6.07) is 10.7. The summed E-state index contributed by atoms with van der Waals surface area (Å²) in [4.78, 5) is 43.4. The van der Waals surface area contributed by atoms with Crippen LogP contribution in [-0.2, 0) is 17.6 Å². The second-order valence-corrected chi connectivity index (χ2v) is 8.15. The van der Waals surface area contributed by atoms with E-state index < -0.39 is 11.8 Å². The number of ether oxygens (including phenoxy) is 1. The van der Waals surface area contributed by atoms with E-state index in [2.05, 4.69) is 10.3 Å². The number of carbonyl (C=O) groups excluding carboxylic acids is 3. The number of benzene rings is 2. The minimum absolute atomic E-state index is 0.245. The molecule has 0 unspecified atom stereocenters. The number of aromatic nitrogens is 1. The number of carbonyl (C=O) groups is 3. The van der Waals surface area contributed by atoms with Crippen LogP contribution in [0.5, 0.6) is 0 Å². The van der Waals surface area contributed by atoms with Crippen molar-refractivity contribution in [3.8, 4) is 0 Å².